The van der Waals surface area contributed by atoms with Gasteiger partial charge in [0.05, 0.1) is 0 Å². The Labute approximate surface area is 418 Å². The third-order valence-corrected chi connectivity index (χ3v) is 13.7. The summed E-state index contributed by atoms with van der Waals surface area (Å²) in [6, 6.07) is 70.0. The van der Waals surface area contributed by atoms with Crippen LogP contribution >= 0.6 is 0 Å². The van der Waals surface area contributed by atoms with Gasteiger partial charge in [-0.2, -0.15) is 0 Å². The molecular weight excluding hydrogens is 971 g/mol. The Kier molecular flexibility index (Phi) is 13.4. The zero-order valence-electron chi connectivity index (χ0n) is 40.1. The van der Waals surface area contributed by atoms with Crippen LogP contribution in [0.3, 0.4) is 0 Å². The molecule has 67 heavy (non-hydrogen) atoms. The van der Waals surface area contributed by atoms with Gasteiger partial charge in [-0.1, -0.05) is 207 Å². The summed E-state index contributed by atoms with van der Waals surface area (Å²) in [6.45, 7) is 13.2. The molecule has 10 aromatic carbocycles. The second kappa shape index (κ2) is 19.1. The molecule has 0 aromatic heterocycles. The first-order valence-corrected chi connectivity index (χ1v) is 22.7. The summed E-state index contributed by atoms with van der Waals surface area (Å²) >= 11 is 0. The van der Waals surface area contributed by atoms with Crippen molar-refractivity contribution in [2.75, 3.05) is 0 Å². The van der Waals surface area contributed by atoms with E-state index >= 15 is 0 Å². The average molecular weight is 1030 g/mol. The summed E-state index contributed by atoms with van der Waals surface area (Å²) in [6.07, 6.45) is 1.89. The minimum absolute atomic E-state index is 0. The molecule has 0 saturated carbocycles. The number of rotatable bonds is 4. The van der Waals surface area contributed by atoms with Gasteiger partial charge in [0.1, 0.15) is 0 Å². The molecule has 1 heteroatoms. The largest absolute Gasteiger partial charge is 4.00 e. The van der Waals surface area contributed by atoms with Gasteiger partial charge in [0, 0.05) is 0 Å². The molecule has 0 spiro atoms. The van der Waals surface area contributed by atoms with E-state index in [2.05, 4.69) is 224 Å². The summed E-state index contributed by atoms with van der Waals surface area (Å²) < 4.78 is 0. The van der Waals surface area contributed by atoms with Crippen molar-refractivity contribution < 1.29 is 25.8 Å². The molecule has 0 unspecified atom stereocenters. The number of fused-ring (bicyclic) bond motifs is 8. The van der Waals surface area contributed by atoms with E-state index in [-0.39, 0.29) is 40.7 Å². The summed E-state index contributed by atoms with van der Waals surface area (Å²) in [5, 5.41) is 5.14. The summed E-state index contributed by atoms with van der Waals surface area (Å²) in [7, 11) is 0. The molecule has 0 heterocycles. The van der Waals surface area contributed by atoms with Crippen LogP contribution in [0.1, 0.15) is 55.6 Å². The molecule has 2 aliphatic rings. The van der Waals surface area contributed by atoms with Crippen LogP contribution in [0, 0.1) is 68.5 Å². The van der Waals surface area contributed by atoms with E-state index < -0.39 is 0 Å². The average Bonchev–Trinajstić information content (AvgIpc) is 3.85. The summed E-state index contributed by atoms with van der Waals surface area (Å²) in [4.78, 5) is 0. The molecule has 12 rings (SSSR count). The number of hydrogen-bond acceptors (Lipinski definition) is 0. The van der Waals surface area contributed by atoms with E-state index in [0.29, 0.717) is 0 Å². The van der Waals surface area contributed by atoms with Crippen LogP contribution < -0.4 is 0 Å². The second-order valence-corrected chi connectivity index (χ2v) is 18.2. The molecule has 324 valence electrons. The van der Waals surface area contributed by atoms with E-state index in [1.165, 1.54) is 144 Å². The van der Waals surface area contributed by atoms with E-state index in [4.69, 9.17) is 0 Å². The van der Waals surface area contributed by atoms with Crippen molar-refractivity contribution in [3.05, 3.63) is 252 Å². The topological polar surface area (TPSA) is 0 Å². The first kappa shape index (κ1) is 47.1. The molecule has 10 aromatic rings. The quantitative estimate of drug-likeness (QED) is 0.122. The predicted octanol–water partition coefficient (Wildman–Crippen LogP) is 17.8. The van der Waals surface area contributed by atoms with Crippen molar-refractivity contribution in [1.29, 1.82) is 0 Å². The molecule has 0 N–H and O–H groups in total. The molecule has 2 aliphatic carbocycles. The van der Waals surface area contributed by atoms with Gasteiger partial charge in [-0.25, -0.2) is 0 Å². The molecule has 0 aliphatic heterocycles. The SMILES string of the molecule is Cc1cc(C)c(-c2[c-]c3c(cc2)-c2ccc(-c4c(C)cc(C)cc4C)cc2C3)c(C)c1.[CH3-].[CH3-].[Hf+4].[c-]1c(-c2cccc3ccccc23)ccc2c1Cc1cc(-c3cccc4ccccc34)ccc1-2. The van der Waals surface area contributed by atoms with Crippen LogP contribution in [0.2, 0.25) is 0 Å². The van der Waals surface area contributed by atoms with E-state index in [1.54, 1.807) is 0 Å². The van der Waals surface area contributed by atoms with Gasteiger partial charge in [0.15, 0.2) is 0 Å². The first-order valence-electron chi connectivity index (χ1n) is 22.7. The third-order valence-electron chi connectivity index (χ3n) is 13.7. The van der Waals surface area contributed by atoms with Crippen molar-refractivity contribution in [2.24, 2.45) is 0 Å². The van der Waals surface area contributed by atoms with Crippen LogP contribution in [0.5, 0.6) is 0 Å². The Morgan fingerprint density at radius 3 is 1.33 bits per heavy atom. The fourth-order valence-electron chi connectivity index (χ4n) is 11.1. The monoisotopic (exact) mass is 1030 g/mol. The van der Waals surface area contributed by atoms with Gasteiger partial charge >= 0.3 is 25.8 Å². The second-order valence-electron chi connectivity index (χ2n) is 18.2. The maximum absolute atomic E-state index is 3.78. The van der Waals surface area contributed by atoms with Crippen LogP contribution in [0.15, 0.2) is 170 Å². The van der Waals surface area contributed by atoms with Gasteiger partial charge < -0.3 is 14.9 Å². The molecule has 0 amide bonds. The number of benzene rings is 10. The van der Waals surface area contributed by atoms with Gasteiger partial charge in [0.25, 0.3) is 0 Å². The Bertz CT molecular complexity index is 3220. The maximum Gasteiger partial charge on any atom is 4.00 e. The predicted molar refractivity (Wildman–Crippen MR) is 285 cm³/mol. The Morgan fingerprint density at radius 1 is 0.343 bits per heavy atom. The number of hydrogen-bond donors (Lipinski definition) is 0. The van der Waals surface area contributed by atoms with Gasteiger partial charge in [-0.15, -0.1) is 58.7 Å². The fourth-order valence-corrected chi connectivity index (χ4v) is 11.1. The smallest absolute Gasteiger partial charge is 0.358 e. The van der Waals surface area contributed by atoms with Crippen LogP contribution in [-0.2, 0) is 38.7 Å². The fraction of sp³-hybridized carbons (Fsp3) is 0.121. The Morgan fingerprint density at radius 2 is 0.761 bits per heavy atom. The standard InChI is InChI=1S/C33H21.C31H29.2CH3.Hf/c1-3-11-28-22(7-1)9-5-13-30(28)24-15-17-32-26(19-24)21-27-20-25(16-18-33(27)32)31-14-6-10-23-8-2-4-12-29(23)31;1-18-11-20(3)30(21(4)12-18)24-7-9-28-26(15-24)17-27-16-25(8-10-29(27)28)31-22(5)13-19(2)14-23(31)6;;;/h1-19H,21H2;7-15H,17H2,1-6H3;2*1H3;/q4*-1;+4. The first-order chi connectivity index (χ1) is 31.2. The van der Waals surface area contributed by atoms with Crippen LogP contribution in [0.25, 0.3) is 88.3 Å². The van der Waals surface area contributed by atoms with Crippen molar-refractivity contribution in [1.82, 2.24) is 0 Å². The van der Waals surface area contributed by atoms with E-state index in [0.717, 1.165) is 12.8 Å². The molecular formula is C66H56Hf. The molecule has 0 nitrogen and oxygen atoms in total. The van der Waals surface area contributed by atoms with Crippen molar-refractivity contribution in [2.45, 2.75) is 54.4 Å². The molecule has 0 bridgehead atoms. The van der Waals surface area contributed by atoms with Gasteiger partial charge in [-0.05, 0) is 115 Å². The van der Waals surface area contributed by atoms with E-state index in [1.807, 2.05) is 0 Å². The van der Waals surface area contributed by atoms with Crippen molar-refractivity contribution in [3.8, 4) is 66.8 Å². The minimum Gasteiger partial charge on any atom is -0.358 e. The van der Waals surface area contributed by atoms with E-state index in [9.17, 15) is 0 Å². The zero-order valence-corrected chi connectivity index (χ0v) is 43.7. The molecule has 0 saturated heterocycles. The maximum atomic E-state index is 3.78. The molecule has 0 radical (unpaired) electrons. The van der Waals surface area contributed by atoms with Gasteiger partial charge in [-0.3, -0.25) is 0 Å². The zero-order chi connectivity index (χ0) is 43.6. The van der Waals surface area contributed by atoms with Crippen LogP contribution in [0.4, 0.5) is 0 Å². The van der Waals surface area contributed by atoms with Crippen molar-refractivity contribution in [3.63, 3.8) is 0 Å². The summed E-state index contributed by atoms with van der Waals surface area (Å²) in [5.41, 5.74) is 29.1. The number of aryl methyl sites for hydroxylation is 6. The normalized spacial score (nSPS) is 11.6. The Hall–Kier alpha value is -6.41. The Balaban J connectivity index is 0.000000174. The van der Waals surface area contributed by atoms with Gasteiger partial charge in [0.2, 0.25) is 0 Å². The van der Waals surface area contributed by atoms with Crippen molar-refractivity contribution >= 4 is 21.5 Å². The third kappa shape index (κ3) is 8.60. The molecule has 0 atom stereocenters. The van der Waals surface area contributed by atoms with Crippen LogP contribution in [-0.4, -0.2) is 0 Å². The molecule has 0 fully saturated rings. The summed E-state index contributed by atoms with van der Waals surface area (Å²) in [5.74, 6) is 0. The minimum atomic E-state index is 0.